The Balaban J connectivity index is 2.23. The number of aliphatic hydroxyl groups is 5. The normalized spacial score (nSPS) is 19.8. The smallest absolute Gasteiger partial charge is 0.305 e. The second kappa shape index (κ2) is 48.4. The largest absolute Gasteiger partial charge is 0.466 e. The van der Waals surface area contributed by atoms with E-state index in [1.807, 2.05) is 6.08 Å². The van der Waals surface area contributed by atoms with Crippen LogP contribution < -0.4 is 5.32 Å². The summed E-state index contributed by atoms with van der Waals surface area (Å²) in [5, 5.41) is 54.3. The first-order chi connectivity index (χ1) is 34.2. The number of nitrogens with one attached hydrogen (secondary N) is 1. The van der Waals surface area contributed by atoms with Gasteiger partial charge in [-0.15, -0.1) is 0 Å². The first-order valence-corrected chi connectivity index (χ1v) is 28.2. The first kappa shape index (κ1) is 65.1. The van der Waals surface area contributed by atoms with Crippen LogP contribution >= 0.6 is 0 Å². The standard InChI is InChI=1S/C59H103NO10/c1-3-5-7-9-11-13-15-17-19-22-25-29-33-37-41-45-52(62)51(50-69-59-58(67)57(66)56(65)53(49-61)70-59)60-54(63)46-42-38-34-30-26-23-20-18-21-24-28-32-36-40-44-48-68-55(64)47-43-39-35-31-27-16-14-12-10-8-6-4-2/h12,14-15,17-18,21,24-25,28-29,41,45,51-53,56-59,61-62,65-67H,3-11,13,16,19-20,22-23,26-27,30-40,42-44,46-50H2,1-2H3,(H,60,63)/b14-12-,17-15+,21-18-,28-24-,29-25+,45-41+. The number of hydrogen-bond donors (Lipinski definition) is 6. The van der Waals surface area contributed by atoms with Crippen molar-refractivity contribution in [3.8, 4) is 0 Å². The Labute approximate surface area is 426 Å². The van der Waals surface area contributed by atoms with Gasteiger partial charge in [-0.05, 0) is 116 Å². The average Bonchev–Trinajstić information content (AvgIpc) is 3.36. The summed E-state index contributed by atoms with van der Waals surface area (Å²) in [5.74, 6) is -0.275. The van der Waals surface area contributed by atoms with Crippen molar-refractivity contribution in [1.29, 1.82) is 0 Å². The molecular formula is C59H103NO10. The monoisotopic (exact) mass is 986 g/mol. The van der Waals surface area contributed by atoms with Gasteiger partial charge in [0.05, 0.1) is 32.0 Å². The van der Waals surface area contributed by atoms with E-state index < -0.39 is 49.5 Å². The van der Waals surface area contributed by atoms with Gasteiger partial charge in [0.1, 0.15) is 24.4 Å². The summed E-state index contributed by atoms with van der Waals surface area (Å²) in [6, 6.07) is -0.853. The number of hydrogen-bond acceptors (Lipinski definition) is 10. The van der Waals surface area contributed by atoms with Gasteiger partial charge in [-0.3, -0.25) is 9.59 Å². The van der Waals surface area contributed by atoms with Crippen LogP contribution in [0.1, 0.15) is 226 Å². The number of carbonyl (C=O) groups is 2. The molecule has 11 heteroatoms. The maximum Gasteiger partial charge on any atom is 0.305 e. The highest BCUT2D eigenvalue weighted by Crippen LogP contribution is 2.23. The van der Waals surface area contributed by atoms with Crippen LogP contribution in [0.25, 0.3) is 0 Å². The van der Waals surface area contributed by atoms with Crippen LogP contribution in [-0.4, -0.2) is 100 Å². The third-order valence-electron chi connectivity index (χ3n) is 12.8. The Bertz CT molecular complexity index is 1390. The Kier molecular flexibility index (Phi) is 45.0. The highest BCUT2D eigenvalue weighted by atomic mass is 16.7. The van der Waals surface area contributed by atoms with E-state index in [1.165, 1.54) is 83.5 Å². The van der Waals surface area contributed by atoms with Gasteiger partial charge in [-0.2, -0.15) is 0 Å². The molecule has 404 valence electrons. The molecule has 6 N–H and O–H groups in total. The van der Waals surface area contributed by atoms with Crippen molar-refractivity contribution in [1.82, 2.24) is 5.32 Å². The number of allylic oxidation sites excluding steroid dienone is 11. The van der Waals surface area contributed by atoms with Crippen molar-refractivity contribution >= 4 is 11.9 Å². The second-order valence-electron chi connectivity index (χ2n) is 19.3. The molecule has 7 unspecified atom stereocenters. The molecule has 7 atom stereocenters. The minimum absolute atomic E-state index is 0.0536. The Hall–Kier alpha value is -2.90. The molecule has 0 bridgehead atoms. The zero-order valence-corrected chi connectivity index (χ0v) is 44.2. The molecule has 1 amide bonds. The van der Waals surface area contributed by atoms with Gasteiger partial charge in [0, 0.05) is 12.8 Å². The second-order valence-corrected chi connectivity index (χ2v) is 19.3. The lowest BCUT2D eigenvalue weighted by molar-refractivity contribution is -0.302. The molecule has 1 heterocycles. The molecule has 1 aliphatic rings. The number of amides is 1. The van der Waals surface area contributed by atoms with Crippen molar-refractivity contribution in [2.45, 2.75) is 269 Å². The minimum Gasteiger partial charge on any atom is -0.466 e. The highest BCUT2D eigenvalue weighted by molar-refractivity contribution is 5.76. The third-order valence-corrected chi connectivity index (χ3v) is 12.8. The summed E-state index contributed by atoms with van der Waals surface area (Å²) >= 11 is 0. The van der Waals surface area contributed by atoms with Gasteiger partial charge in [0.2, 0.25) is 5.91 Å². The van der Waals surface area contributed by atoms with Gasteiger partial charge in [-0.1, -0.05) is 170 Å². The Morgan fingerprint density at radius 2 is 0.971 bits per heavy atom. The van der Waals surface area contributed by atoms with E-state index >= 15 is 0 Å². The van der Waals surface area contributed by atoms with Crippen molar-refractivity contribution in [3.63, 3.8) is 0 Å². The van der Waals surface area contributed by atoms with Gasteiger partial charge < -0.3 is 45.1 Å². The van der Waals surface area contributed by atoms with Gasteiger partial charge in [-0.25, -0.2) is 0 Å². The number of esters is 1. The van der Waals surface area contributed by atoms with Crippen molar-refractivity contribution in [3.05, 3.63) is 72.9 Å². The summed E-state index contributed by atoms with van der Waals surface area (Å²) in [7, 11) is 0. The van der Waals surface area contributed by atoms with Crippen molar-refractivity contribution < 1.29 is 49.3 Å². The summed E-state index contributed by atoms with van der Waals surface area (Å²) in [6.45, 7) is 4.19. The molecule has 0 saturated carbocycles. The molecule has 0 aromatic carbocycles. The lowest BCUT2D eigenvalue weighted by atomic mass is 9.99. The van der Waals surface area contributed by atoms with Crippen LogP contribution in [0.3, 0.4) is 0 Å². The fourth-order valence-electron chi connectivity index (χ4n) is 8.21. The zero-order chi connectivity index (χ0) is 51.0. The molecule has 0 aromatic rings. The van der Waals surface area contributed by atoms with Crippen molar-refractivity contribution in [2.24, 2.45) is 0 Å². The quantitative estimate of drug-likeness (QED) is 0.0149. The molecular weight excluding hydrogens is 883 g/mol. The van der Waals surface area contributed by atoms with E-state index in [9.17, 15) is 35.1 Å². The van der Waals surface area contributed by atoms with Crippen LogP contribution in [0, 0.1) is 0 Å². The molecule has 1 fully saturated rings. The number of ether oxygens (including phenoxy) is 3. The lowest BCUT2D eigenvalue weighted by Gasteiger charge is -2.40. The topological polar surface area (TPSA) is 175 Å². The summed E-state index contributed by atoms with van der Waals surface area (Å²) in [5.41, 5.74) is 0. The summed E-state index contributed by atoms with van der Waals surface area (Å²) in [4.78, 5) is 25.0. The van der Waals surface area contributed by atoms with Crippen LogP contribution in [0.2, 0.25) is 0 Å². The Morgan fingerprint density at radius 3 is 1.53 bits per heavy atom. The van der Waals surface area contributed by atoms with Crippen LogP contribution in [-0.2, 0) is 23.8 Å². The molecule has 11 nitrogen and oxygen atoms in total. The fraction of sp³-hybridized carbons (Fsp3) is 0.763. The lowest BCUT2D eigenvalue weighted by Crippen LogP contribution is -2.60. The first-order valence-electron chi connectivity index (χ1n) is 28.2. The molecule has 0 aromatic heterocycles. The predicted molar refractivity (Wildman–Crippen MR) is 287 cm³/mol. The molecule has 0 aliphatic carbocycles. The van der Waals surface area contributed by atoms with E-state index in [1.54, 1.807) is 6.08 Å². The molecule has 0 radical (unpaired) electrons. The molecule has 1 saturated heterocycles. The summed E-state index contributed by atoms with van der Waals surface area (Å²) < 4.78 is 16.6. The summed E-state index contributed by atoms with van der Waals surface area (Å²) in [6.07, 6.45) is 52.6. The number of unbranched alkanes of at least 4 members (excludes halogenated alkanes) is 24. The van der Waals surface area contributed by atoms with Gasteiger partial charge in [0.25, 0.3) is 0 Å². The molecule has 1 rings (SSSR count). The maximum atomic E-state index is 13.0. The minimum atomic E-state index is -1.59. The number of aliphatic hydroxyl groups excluding tert-OH is 5. The molecule has 1 aliphatic heterocycles. The SMILES string of the molecule is CCCCC/C=C\CCCCCCCC(=O)OCCCCC/C=C\C=C/CCCCCCCCC(=O)NC(COC1OC(CO)C(O)C(O)C1O)C(O)/C=C/CC/C=C/CC/C=C/CCCCCCC. The average molecular weight is 986 g/mol. The van der Waals surface area contributed by atoms with Gasteiger partial charge in [0.15, 0.2) is 6.29 Å². The Morgan fingerprint density at radius 1 is 0.529 bits per heavy atom. The van der Waals surface area contributed by atoms with E-state index in [0.717, 1.165) is 103 Å². The van der Waals surface area contributed by atoms with Crippen LogP contribution in [0.4, 0.5) is 0 Å². The van der Waals surface area contributed by atoms with Crippen molar-refractivity contribution in [2.75, 3.05) is 19.8 Å². The highest BCUT2D eigenvalue weighted by Gasteiger charge is 2.44. The van der Waals surface area contributed by atoms with E-state index in [-0.39, 0.29) is 18.5 Å². The van der Waals surface area contributed by atoms with Crippen LogP contribution in [0.15, 0.2) is 72.9 Å². The predicted octanol–water partition coefficient (Wildman–Crippen LogP) is 12.4. The zero-order valence-electron chi connectivity index (χ0n) is 44.2. The van der Waals surface area contributed by atoms with E-state index in [2.05, 4.69) is 79.9 Å². The number of carbonyl (C=O) groups excluding carboxylic acids is 2. The maximum absolute atomic E-state index is 13.0. The van der Waals surface area contributed by atoms with Crippen LogP contribution in [0.5, 0.6) is 0 Å². The molecule has 0 spiro atoms. The third kappa shape index (κ3) is 37.8. The fourth-order valence-corrected chi connectivity index (χ4v) is 8.21. The van der Waals surface area contributed by atoms with Gasteiger partial charge >= 0.3 is 5.97 Å². The van der Waals surface area contributed by atoms with E-state index in [0.29, 0.717) is 32.3 Å². The number of rotatable bonds is 47. The van der Waals surface area contributed by atoms with E-state index in [4.69, 9.17) is 14.2 Å². The molecule has 70 heavy (non-hydrogen) atoms.